The van der Waals surface area contributed by atoms with E-state index in [0.717, 1.165) is 24.0 Å². The Hall–Kier alpha value is -2.95. The number of carbonyl (C=O) groups excluding carboxylic acids is 1. The highest BCUT2D eigenvalue weighted by Crippen LogP contribution is 2.20. The van der Waals surface area contributed by atoms with E-state index < -0.39 is 0 Å². The van der Waals surface area contributed by atoms with Crippen molar-refractivity contribution >= 4 is 22.5 Å². The van der Waals surface area contributed by atoms with Gasteiger partial charge in [0.15, 0.2) is 0 Å². The van der Waals surface area contributed by atoms with E-state index in [1.54, 1.807) is 0 Å². The second-order valence-electron chi connectivity index (χ2n) is 6.25. The average Bonchev–Trinajstić information content (AvgIpc) is 2.67. The molecule has 25 heavy (non-hydrogen) atoms. The maximum atomic E-state index is 13.0. The van der Waals surface area contributed by atoms with E-state index in [1.807, 2.05) is 54.3 Å². The maximum absolute atomic E-state index is 13.0. The summed E-state index contributed by atoms with van der Waals surface area (Å²) in [6, 6.07) is 18.0. The smallest absolute Gasteiger partial charge is 0.273 e. The van der Waals surface area contributed by atoms with E-state index in [2.05, 4.69) is 27.0 Å². The third kappa shape index (κ3) is 3.05. The standard InChI is InChI=1S/C20H20N4O/c1-15-21-18-10-6-5-9-17(18)19(22-15)20(25)24-13-11-23(12-14-24)16-7-3-2-4-8-16/h2-10H,11-14H2,1H3. The lowest BCUT2D eigenvalue weighted by molar-refractivity contribution is 0.0742. The number of aryl methyl sites for hydroxylation is 1. The summed E-state index contributed by atoms with van der Waals surface area (Å²) in [4.78, 5) is 26.1. The van der Waals surface area contributed by atoms with E-state index in [0.29, 0.717) is 24.6 Å². The first-order chi connectivity index (χ1) is 12.2. The number of amides is 1. The van der Waals surface area contributed by atoms with Crippen molar-refractivity contribution in [1.29, 1.82) is 0 Å². The number of anilines is 1. The summed E-state index contributed by atoms with van der Waals surface area (Å²) in [7, 11) is 0. The highest BCUT2D eigenvalue weighted by Gasteiger charge is 2.24. The number of benzene rings is 2. The first-order valence-corrected chi connectivity index (χ1v) is 8.55. The number of fused-ring (bicyclic) bond motifs is 1. The fourth-order valence-electron chi connectivity index (χ4n) is 3.31. The van der Waals surface area contributed by atoms with Crippen molar-refractivity contribution in [1.82, 2.24) is 14.9 Å². The zero-order valence-corrected chi connectivity index (χ0v) is 14.2. The van der Waals surface area contributed by atoms with Crippen LogP contribution >= 0.6 is 0 Å². The summed E-state index contributed by atoms with van der Waals surface area (Å²) in [6.07, 6.45) is 0. The van der Waals surface area contributed by atoms with Crippen molar-refractivity contribution in [2.45, 2.75) is 6.92 Å². The van der Waals surface area contributed by atoms with Crippen molar-refractivity contribution < 1.29 is 4.79 Å². The molecule has 2 heterocycles. The van der Waals surface area contributed by atoms with Crippen LogP contribution < -0.4 is 4.90 Å². The van der Waals surface area contributed by atoms with Gasteiger partial charge in [-0.2, -0.15) is 0 Å². The molecule has 0 spiro atoms. The molecule has 5 heteroatoms. The molecule has 1 saturated heterocycles. The summed E-state index contributed by atoms with van der Waals surface area (Å²) < 4.78 is 0. The topological polar surface area (TPSA) is 49.3 Å². The predicted octanol–water partition coefficient (Wildman–Crippen LogP) is 2.90. The number of aromatic nitrogens is 2. The Morgan fingerprint density at radius 3 is 2.32 bits per heavy atom. The van der Waals surface area contributed by atoms with Gasteiger partial charge in [0, 0.05) is 37.3 Å². The van der Waals surface area contributed by atoms with Crippen molar-refractivity contribution in [2.24, 2.45) is 0 Å². The van der Waals surface area contributed by atoms with Gasteiger partial charge < -0.3 is 9.80 Å². The van der Waals surface area contributed by atoms with E-state index >= 15 is 0 Å². The van der Waals surface area contributed by atoms with Gasteiger partial charge in [0.25, 0.3) is 5.91 Å². The Labute approximate surface area is 146 Å². The van der Waals surface area contributed by atoms with Crippen LogP contribution in [0.1, 0.15) is 16.3 Å². The maximum Gasteiger partial charge on any atom is 0.273 e. The molecular weight excluding hydrogens is 312 g/mol. The van der Waals surface area contributed by atoms with Gasteiger partial charge in [0.2, 0.25) is 0 Å². The Kier molecular flexibility index (Phi) is 4.06. The van der Waals surface area contributed by atoms with Crippen LogP contribution in [0.4, 0.5) is 5.69 Å². The van der Waals surface area contributed by atoms with Gasteiger partial charge in [-0.05, 0) is 25.1 Å². The Balaban J connectivity index is 1.55. The van der Waals surface area contributed by atoms with Crippen LogP contribution in [-0.2, 0) is 0 Å². The molecule has 126 valence electrons. The molecule has 0 saturated carbocycles. The Morgan fingerprint density at radius 2 is 1.56 bits per heavy atom. The minimum Gasteiger partial charge on any atom is -0.368 e. The van der Waals surface area contributed by atoms with Crippen molar-refractivity contribution in [2.75, 3.05) is 31.1 Å². The molecule has 0 radical (unpaired) electrons. The molecule has 1 aromatic heterocycles. The number of carbonyl (C=O) groups is 1. The van der Waals surface area contributed by atoms with Crippen molar-refractivity contribution in [3.63, 3.8) is 0 Å². The molecule has 5 nitrogen and oxygen atoms in total. The molecule has 4 rings (SSSR count). The second kappa shape index (κ2) is 6.51. The van der Waals surface area contributed by atoms with Gasteiger partial charge in [-0.15, -0.1) is 0 Å². The molecule has 2 aromatic carbocycles. The number of hydrogen-bond acceptors (Lipinski definition) is 4. The van der Waals surface area contributed by atoms with Crippen LogP contribution in [0.3, 0.4) is 0 Å². The fraction of sp³-hybridized carbons (Fsp3) is 0.250. The molecule has 0 bridgehead atoms. The van der Waals surface area contributed by atoms with E-state index in [1.165, 1.54) is 5.69 Å². The largest absolute Gasteiger partial charge is 0.368 e. The zero-order valence-electron chi connectivity index (χ0n) is 14.2. The minimum atomic E-state index is -0.00517. The van der Waals surface area contributed by atoms with Gasteiger partial charge in [0.05, 0.1) is 5.52 Å². The van der Waals surface area contributed by atoms with Crippen LogP contribution in [0, 0.1) is 6.92 Å². The van der Waals surface area contributed by atoms with Crippen molar-refractivity contribution in [3.8, 4) is 0 Å². The molecule has 0 unspecified atom stereocenters. The summed E-state index contributed by atoms with van der Waals surface area (Å²) in [5.41, 5.74) is 2.54. The number of hydrogen-bond donors (Lipinski definition) is 0. The lowest BCUT2D eigenvalue weighted by atomic mass is 10.1. The average molecular weight is 332 g/mol. The normalized spacial score (nSPS) is 14.8. The quantitative estimate of drug-likeness (QED) is 0.724. The molecule has 1 aliphatic heterocycles. The number of rotatable bonds is 2. The first-order valence-electron chi connectivity index (χ1n) is 8.55. The van der Waals surface area contributed by atoms with Crippen LogP contribution in [-0.4, -0.2) is 47.0 Å². The molecule has 0 aliphatic carbocycles. The Morgan fingerprint density at radius 1 is 0.880 bits per heavy atom. The fourth-order valence-corrected chi connectivity index (χ4v) is 3.31. The third-order valence-electron chi connectivity index (χ3n) is 4.61. The highest BCUT2D eigenvalue weighted by atomic mass is 16.2. The van der Waals surface area contributed by atoms with Crippen LogP contribution in [0.2, 0.25) is 0 Å². The number of nitrogens with zero attached hydrogens (tertiary/aromatic N) is 4. The summed E-state index contributed by atoms with van der Waals surface area (Å²) >= 11 is 0. The summed E-state index contributed by atoms with van der Waals surface area (Å²) in [6.45, 7) is 4.89. The van der Waals surface area contributed by atoms with Crippen LogP contribution in [0.25, 0.3) is 10.9 Å². The van der Waals surface area contributed by atoms with Crippen LogP contribution in [0.15, 0.2) is 54.6 Å². The molecule has 1 aliphatic rings. The summed E-state index contributed by atoms with van der Waals surface area (Å²) in [5, 5.41) is 0.823. The molecule has 0 N–H and O–H groups in total. The van der Waals surface area contributed by atoms with Crippen LogP contribution in [0.5, 0.6) is 0 Å². The minimum absolute atomic E-state index is 0.00517. The molecule has 0 atom stereocenters. The Bertz CT molecular complexity index is 902. The van der Waals surface area contributed by atoms with Gasteiger partial charge in [-0.1, -0.05) is 36.4 Å². The molecule has 1 fully saturated rings. The van der Waals surface area contributed by atoms with E-state index in [4.69, 9.17) is 0 Å². The van der Waals surface area contributed by atoms with Gasteiger partial charge in [0.1, 0.15) is 11.5 Å². The van der Waals surface area contributed by atoms with Gasteiger partial charge in [-0.3, -0.25) is 4.79 Å². The SMILES string of the molecule is Cc1nc(C(=O)N2CCN(c3ccccc3)CC2)c2ccccc2n1. The van der Waals surface area contributed by atoms with Gasteiger partial charge in [-0.25, -0.2) is 9.97 Å². The van der Waals surface area contributed by atoms with Gasteiger partial charge >= 0.3 is 0 Å². The molecule has 1 amide bonds. The highest BCUT2D eigenvalue weighted by molar-refractivity contribution is 6.04. The second-order valence-corrected chi connectivity index (χ2v) is 6.25. The number of para-hydroxylation sites is 2. The van der Waals surface area contributed by atoms with E-state index in [9.17, 15) is 4.79 Å². The lowest BCUT2D eigenvalue weighted by Gasteiger charge is -2.36. The molecule has 3 aromatic rings. The number of piperazine rings is 1. The first kappa shape index (κ1) is 15.6. The molecular formula is C20H20N4O. The summed E-state index contributed by atoms with van der Waals surface area (Å²) in [5.74, 6) is 0.624. The monoisotopic (exact) mass is 332 g/mol. The zero-order chi connectivity index (χ0) is 17.2. The van der Waals surface area contributed by atoms with Crippen molar-refractivity contribution in [3.05, 3.63) is 66.1 Å². The third-order valence-corrected chi connectivity index (χ3v) is 4.61. The van der Waals surface area contributed by atoms with E-state index in [-0.39, 0.29) is 5.91 Å². The predicted molar refractivity (Wildman–Crippen MR) is 98.8 cm³/mol. The lowest BCUT2D eigenvalue weighted by Crippen LogP contribution is -2.49.